The Morgan fingerprint density at radius 1 is 1.33 bits per heavy atom. The van der Waals surface area contributed by atoms with Crippen LogP contribution in [0, 0.1) is 11.3 Å². The van der Waals surface area contributed by atoms with Crippen molar-refractivity contribution in [3.63, 3.8) is 0 Å². The quantitative estimate of drug-likeness (QED) is 0.600. The predicted octanol–water partition coefficient (Wildman–Crippen LogP) is 2.97. The van der Waals surface area contributed by atoms with Crippen molar-refractivity contribution in [2.45, 2.75) is 10.8 Å². The number of hydrogen-bond acceptors (Lipinski definition) is 6. The number of hydrogen-bond donors (Lipinski definition) is 0. The van der Waals surface area contributed by atoms with Gasteiger partial charge in [-0.2, -0.15) is 5.26 Å². The van der Waals surface area contributed by atoms with Crippen molar-refractivity contribution in [2.24, 2.45) is 0 Å². The van der Waals surface area contributed by atoms with Crippen LogP contribution < -0.4 is 4.74 Å². The van der Waals surface area contributed by atoms with Gasteiger partial charge in [0.25, 0.3) is 0 Å². The van der Waals surface area contributed by atoms with Crippen LogP contribution in [0.15, 0.2) is 34.1 Å². The van der Waals surface area contributed by atoms with E-state index in [9.17, 15) is 0 Å². The van der Waals surface area contributed by atoms with Crippen LogP contribution in [0.2, 0.25) is 0 Å². The van der Waals surface area contributed by atoms with Gasteiger partial charge in [0.15, 0.2) is 4.34 Å². The van der Waals surface area contributed by atoms with E-state index >= 15 is 0 Å². The van der Waals surface area contributed by atoms with Crippen LogP contribution in [-0.2, 0) is 0 Å². The number of benzene rings is 1. The molecule has 4 nitrogen and oxygen atoms in total. The summed E-state index contributed by atoms with van der Waals surface area (Å²) in [6.45, 7) is 0.664. The molecule has 0 aliphatic heterocycles. The van der Waals surface area contributed by atoms with Gasteiger partial charge in [0.05, 0.1) is 18.2 Å². The van der Waals surface area contributed by atoms with Crippen molar-refractivity contribution in [3.8, 4) is 11.8 Å². The molecule has 0 radical (unpaired) electrons. The summed E-state index contributed by atoms with van der Waals surface area (Å²) in [5.41, 5.74) is 2.38. The van der Waals surface area contributed by atoms with Crippen LogP contribution in [0.3, 0.4) is 0 Å². The van der Waals surface area contributed by atoms with Crippen LogP contribution in [0.5, 0.6) is 5.75 Å². The average Bonchev–Trinajstić information content (AvgIpc) is 2.92. The molecule has 0 saturated heterocycles. The van der Waals surface area contributed by atoms with Gasteiger partial charge in [-0.1, -0.05) is 23.1 Å². The Hall–Kier alpha value is -1.58. The topological polar surface area (TPSA) is 58.8 Å². The van der Waals surface area contributed by atoms with Gasteiger partial charge < -0.3 is 4.74 Å². The van der Waals surface area contributed by atoms with E-state index in [4.69, 9.17) is 10.00 Å². The highest BCUT2D eigenvalue weighted by Gasteiger charge is 1.98. The van der Waals surface area contributed by atoms with Gasteiger partial charge in [-0.3, -0.25) is 0 Å². The Kier molecular flexibility index (Phi) is 5.00. The van der Waals surface area contributed by atoms with Crippen molar-refractivity contribution in [1.29, 1.82) is 5.26 Å². The zero-order valence-corrected chi connectivity index (χ0v) is 11.2. The lowest BCUT2D eigenvalue weighted by Gasteiger charge is -2.05. The molecule has 0 unspecified atom stereocenters. The zero-order valence-electron chi connectivity index (χ0n) is 9.57. The Bertz CT molecular complexity index is 505. The predicted molar refractivity (Wildman–Crippen MR) is 71.9 cm³/mol. The number of nitriles is 1. The molecule has 1 aromatic carbocycles. The summed E-state index contributed by atoms with van der Waals surface area (Å²) in [6, 6.07) is 9.22. The van der Waals surface area contributed by atoms with E-state index in [2.05, 4.69) is 16.3 Å². The zero-order chi connectivity index (χ0) is 12.6. The molecular weight excluding hydrogens is 266 g/mol. The SMILES string of the molecule is N#Cc1ccc(OCCCSc2nncs2)cc1. The maximum absolute atomic E-state index is 8.66. The van der Waals surface area contributed by atoms with Gasteiger partial charge in [-0.15, -0.1) is 10.2 Å². The minimum Gasteiger partial charge on any atom is -0.494 e. The molecule has 1 heterocycles. The van der Waals surface area contributed by atoms with Gasteiger partial charge in [-0.05, 0) is 30.7 Å². The Morgan fingerprint density at radius 2 is 2.17 bits per heavy atom. The van der Waals surface area contributed by atoms with Gasteiger partial charge in [0.2, 0.25) is 0 Å². The summed E-state index contributed by atoms with van der Waals surface area (Å²) in [6.07, 6.45) is 0.949. The molecule has 2 rings (SSSR count). The monoisotopic (exact) mass is 277 g/mol. The highest BCUT2D eigenvalue weighted by Crippen LogP contribution is 2.19. The fourth-order valence-corrected chi connectivity index (χ4v) is 2.73. The molecule has 0 N–H and O–H groups in total. The summed E-state index contributed by atoms with van der Waals surface area (Å²) in [5.74, 6) is 1.76. The van der Waals surface area contributed by atoms with E-state index in [1.54, 1.807) is 40.7 Å². The molecule has 6 heteroatoms. The first kappa shape index (κ1) is 12.9. The van der Waals surface area contributed by atoms with Crippen LogP contribution in [0.25, 0.3) is 0 Å². The van der Waals surface area contributed by atoms with E-state index in [1.807, 2.05) is 12.1 Å². The molecule has 0 atom stereocenters. The van der Waals surface area contributed by atoms with Crippen LogP contribution in [-0.4, -0.2) is 22.6 Å². The lowest BCUT2D eigenvalue weighted by molar-refractivity contribution is 0.318. The third kappa shape index (κ3) is 4.02. The molecule has 0 aliphatic rings. The highest BCUT2D eigenvalue weighted by molar-refractivity contribution is 8.00. The number of nitrogens with zero attached hydrogens (tertiary/aromatic N) is 3. The first-order valence-corrected chi connectivity index (χ1v) is 7.27. The van der Waals surface area contributed by atoms with Gasteiger partial charge in [-0.25, -0.2) is 0 Å². The molecule has 1 aromatic heterocycles. The largest absolute Gasteiger partial charge is 0.494 e. The molecule has 0 saturated carbocycles. The second kappa shape index (κ2) is 6.99. The minimum atomic E-state index is 0.647. The minimum absolute atomic E-state index is 0.647. The maximum atomic E-state index is 8.66. The maximum Gasteiger partial charge on any atom is 0.174 e. The van der Waals surface area contributed by atoms with Crippen LogP contribution >= 0.6 is 23.1 Å². The van der Waals surface area contributed by atoms with Crippen molar-refractivity contribution < 1.29 is 4.74 Å². The molecule has 92 valence electrons. The van der Waals surface area contributed by atoms with Crippen LogP contribution in [0.1, 0.15) is 12.0 Å². The van der Waals surface area contributed by atoms with E-state index in [1.165, 1.54) is 0 Å². The van der Waals surface area contributed by atoms with Crippen molar-refractivity contribution in [2.75, 3.05) is 12.4 Å². The normalized spacial score (nSPS) is 9.94. The van der Waals surface area contributed by atoms with Crippen molar-refractivity contribution in [3.05, 3.63) is 35.3 Å². The standard InChI is InChI=1S/C12H11N3OS2/c13-8-10-2-4-11(5-3-10)16-6-1-7-17-12-15-14-9-18-12/h2-5,9H,1,6-7H2. The average molecular weight is 277 g/mol. The Morgan fingerprint density at radius 3 is 2.83 bits per heavy atom. The van der Waals surface area contributed by atoms with E-state index in [0.717, 1.165) is 22.3 Å². The molecular formula is C12H11N3OS2. The lowest BCUT2D eigenvalue weighted by Crippen LogP contribution is -1.98. The van der Waals surface area contributed by atoms with E-state index in [-0.39, 0.29) is 0 Å². The van der Waals surface area contributed by atoms with Gasteiger partial charge in [0.1, 0.15) is 11.3 Å². The van der Waals surface area contributed by atoms with E-state index in [0.29, 0.717) is 12.2 Å². The van der Waals surface area contributed by atoms with Crippen LogP contribution in [0.4, 0.5) is 0 Å². The highest BCUT2D eigenvalue weighted by atomic mass is 32.2. The number of aromatic nitrogens is 2. The summed E-state index contributed by atoms with van der Waals surface area (Å²) < 4.78 is 6.56. The molecule has 0 amide bonds. The first-order chi connectivity index (χ1) is 8.88. The van der Waals surface area contributed by atoms with Crippen molar-refractivity contribution >= 4 is 23.1 Å². The van der Waals surface area contributed by atoms with Gasteiger partial charge >= 0.3 is 0 Å². The fraction of sp³-hybridized carbons (Fsp3) is 0.250. The second-order valence-electron chi connectivity index (χ2n) is 3.39. The number of thioether (sulfide) groups is 1. The number of rotatable bonds is 6. The Labute approximate surface area is 114 Å². The Balaban J connectivity index is 1.64. The molecule has 0 spiro atoms. The van der Waals surface area contributed by atoms with Crippen molar-refractivity contribution in [1.82, 2.24) is 10.2 Å². The summed E-state index contributed by atoms with van der Waals surface area (Å²) in [5, 5.41) is 16.4. The summed E-state index contributed by atoms with van der Waals surface area (Å²) in [4.78, 5) is 0. The van der Waals surface area contributed by atoms with E-state index < -0.39 is 0 Å². The molecule has 2 aromatic rings. The van der Waals surface area contributed by atoms with Gasteiger partial charge in [0, 0.05) is 5.75 Å². The number of ether oxygens (including phenoxy) is 1. The fourth-order valence-electron chi connectivity index (χ4n) is 1.26. The summed E-state index contributed by atoms with van der Waals surface area (Å²) in [7, 11) is 0. The molecule has 18 heavy (non-hydrogen) atoms. The third-order valence-corrected chi connectivity index (χ3v) is 4.05. The molecule has 0 bridgehead atoms. The smallest absolute Gasteiger partial charge is 0.174 e. The third-order valence-electron chi connectivity index (χ3n) is 2.11. The molecule has 0 fully saturated rings. The second-order valence-corrected chi connectivity index (χ2v) is 5.57. The lowest BCUT2D eigenvalue weighted by atomic mass is 10.2. The molecule has 0 aliphatic carbocycles. The first-order valence-electron chi connectivity index (χ1n) is 5.40. The summed E-state index contributed by atoms with van der Waals surface area (Å²) >= 11 is 3.24.